The van der Waals surface area contributed by atoms with Crippen LogP contribution in [0.4, 0.5) is 0 Å². The van der Waals surface area contributed by atoms with E-state index in [-0.39, 0.29) is 18.4 Å². The molecule has 23 heavy (non-hydrogen) atoms. The van der Waals surface area contributed by atoms with Gasteiger partial charge in [-0.05, 0) is 32.9 Å². The molecule has 0 spiro atoms. The van der Waals surface area contributed by atoms with Crippen molar-refractivity contribution in [1.29, 1.82) is 0 Å². The third-order valence-electron chi connectivity index (χ3n) is 3.53. The number of rotatable bonds is 6. The molecule has 6 nitrogen and oxygen atoms in total. The van der Waals surface area contributed by atoms with Gasteiger partial charge in [-0.15, -0.1) is 0 Å². The van der Waals surface area contributed by atoms with Gasteiger partial charge in [-0.2, -0.15) is 0 Å². The molecule has 6 heteroatoms. The van der Waals surface area contributed by atoms with Crippen LogP contribution in [0.5, 0.6) is 0 Å². The van der Waals surface area contributed by atoms with Crippen LogP contribution in [-0.4, -0.2) is 34.8 Å². The molecule has 0 bridgehead atoms. The maximum Gasteiger partial charge on any atom is 0.276 e. The van der Waals surface area contributed by atoms with E-state index in [1.165, 1.54) is 0 Å². The Hall–Kier alpha value is -2.63. The van der Waals surface area contributed by atoms with Gasteiger partial charge < -0.3 is 14.6 Å². The highest BCUT2D eigenvalue weighted by molar-refractivity contribution is 5.94. The van der Waals surface area contributed by atoms with Crippen molar-refractivity contribution >= 4 is 11.8 Å². The second-order valence-corrected chi connectivity index (χ2v) is 5.04. The third kappa shape index (κ3) is 3.97. The second-order valence-electron chi connectivity index (χ2n) is 5.04. The molecule has 0 fully saturated rings. The average molecular weight is 315 g/mol. The van der Waals surface area contributed by atoms with Crippen molar-refractivity contribution < 1.29 is 14.0 Å². The van der Waals surface area contributed by atoms with Gasteiger partial charge in [-0.3, -0.25) is 9.59 Å². The van der Waals surface area contributed by atoms with E-state index in [0.717, 1.165) is 0 Å². The fourth-order valence-corrected chi connectivity index (χ4v) is 2.23. The summed E-state index contributed by atoms with van der Waals surface area (Å²) in [5.41, 5.74) is 0.868. The lowest BCUT2D eigenvalue weighted by atomic mass is 10.2. The molecular formula is C17H21N3O3. The number of hydrogen-bond donors (Lipinski definition) is 1. The van der Waals surface area contributed by atoms with Crippen molar-refractivity contribution in [3.8, 4) is 0 Å². The molecule has 2 amide bonds. The smallest absolute Gasteiger partial charge is 0.276 e. The van der Waals surface area contributed by atoms with Gasteiger partial charge in [-0.1, -0.05) is 18.2 Å². The number of oxazole rings is 1. The lowest BCUT2D eigenvalue weighted by Crippen LogP contribution is -2.31. The van der Waals surface area contributed by atoms with Gasteiger partial charge in [0.25, 0.3) is 11.8 Å². The zero-order valence-electron chi connectivity index (χ0n) is 13.6. The van der Waals surface area contributed by atoms with Gasteiger partial charge in [0.1, 0.15) is 5.76 Å². The van der Waals surface area contributed by atoms with E-state index in [2.05, 4.69) is 10.3 Å². The van der Waals surface area contributed by atoms with Gasteiger partial charge in [0, 0.05) is 18.7 Å². The third-order valence-corrected chi connectivity index (χ3v) is 3.53. The van der Waals surface area contributed by atoms with E-state index in [9.17, 15) is 9.59 Å². The normalized spacial score (nSPS) is 10.4. The fraction of sp³-hybridized carbons (Fsp3) is 0.353. The first-order valence-corrected chi connectivity index (χ1v) is 7.65. The molecule has 2 rings (SSSR count). The SMILES string of the molecule is CCN(CC)C(=O)c1nc(CNC(=O)c2ccccc2)oc1C. The highest BCUT2D eigenvalue weighted by atomic mass is 16.4. The average Bonchev–Trinajstić information content (AvgIpc) is 2.95. The number of hydrogen-bond acceptors (Lipinski definition) is 4. The molecule has 0 aliphatic rings. The van der Waals surface area contributed by atoms with Crippen LogP contribution in [0.1, 0.15) is 46.3 Å². The lowest BCUT2D eigenvalue weighted by Gasteiger charge is -2.16. The predicted octanol–water partition coefficient (Wildman–Crippen LogP) is 2.40. The standard InChI is InChI=1S/C17H21N3O3/c1-4-20(5-2)17(22)15-12(3)23-14(19-15)11-18-16(21)13-9-7-6-8-10-13/h6-10H,4-5,11H2,1-3H3,(H,18,21). The van der Waals surface area contributed by atoms with Gasteiger partial charge in [0.15, 0.2) is 5.69 Å². The number of carbonyl (C=O) groups is 2. The summed E-state index contributed by atoms with van der Waals surface area (Å²) in [6, 6.07) is 8.90. The molecule has 0 unspecified atom stereocenters. The topological polar surface area (TPSA) is 75.4 Å². The maximum atomic E-state index is 12.3. The van der Waals surface area contributed by atoms with Crippen molar-refractivity contribution in [2.75, 3.05) is 13.1 Å². The van der Waals surface area contributed by atoms with E-state index < -0.39 is 0 Å². The van der Waals surface area contributed by atoms with Gasteiger partial charge in [0.2, 0.25) is 5.89 Å². The molecule has 122 valence electrons. The van der Waals surface area contributed by atoms with Crippen LogP contribution in [0.15, 0.2) is 34.7 Å². The quantitative estimate of drug-likeness (QED) is 0.888. The number of aromatic nitrogens is 1. The highest BCUT2D eigenvalue weighted by Gasteiger charge is 2.21. The van der Waals surface area contributed by atoms with Crippen LogP contribution in [0.3, 0.4) is 0 Å². The summed E-state index contributed by atoms with van der Waals surface area (Å²) < 4.78 is 5.49. The van der Waals surface area contributed by atoms with Crippen LogP contribution in [0.2, 0.25) is 0 Å². The summed E-state index contributed by atoms with van der Waals surface area (Å²) in [5.74, 6) is 0.420. The minimum Gasteiger partial charge on any atom is -0.443 e. The Bertz CT molecular complexity index is 676. The van der Waals surface area contributed by atoms with Crippen LogP contribution < -0.4 is 5.32 Å². The molecule has 1 aromatic carbocycles. The minimum atomic E-state index is -0.210. The molecule has 1 N–H and O–H groups in total. The van der Waals surface area contributed by atoms with Crippen molar-refractivity contribution in [2.45, 2.75) is 27.3 Å². The Morgan fingerprint density at radius 1 is 1.17 bits per heavy atom. The first-order chi connectivity index (χ1) is 11.1. The first-order valence-electron chi connectivity index (χ1n) is 7.65. The summed E-state index contributed by atoms with van der Waals surface area (Å²) in [6.07, 6.45) is 0. The molecule has 0 saturated carbocycles. The molecule has 1 aromatic heterocycles. The molecule has 0 aliphatic heterocycles. The largest absolute Gasteiger partial charge is 0.443 e. The number of aryl methyl sites for hydroxylation is 1. The van der Waals surface area contributed by atoms with E-state index in [4.69, 9.17) is 4.42 Å². The Morgan fingerprint density at radius 2 is 1.83 bits per heavy atom. The zero-order valence-corrected chi connectivity index (χ0v) is 13.6. The second kappa shape index (κ2) is 7.58. The van der Waals surface area contributed by atoms with E-state index in [1.54, 1.807) is 36.1 Å². The van der Waals surface area contributed by atoms with Crippen LogP contribution >= 0.6 is 0 Å². The molecule has 0 radical (unpaired) electrons. The van der Waals surface area contributed by atoms with E-state index >= 15 is 0 Å². The van der Waals surface area contributed by atoms with Crippen LogP contribution in [0.25, 0.3) is 0 Å². The number of benzene rings is 1. The molecular weight excluding hydrogens is 294 g/mol. The Labute approximate surface area is 135 Å². The highest BCUT2D eigenvalue weighted by Crippen LogP contribution is 2.13. The zero-order chi connectivity index (χ0) is 16.8. The van der Waals surface area contributed by atoms with Gasteiger partial charge >= 0.3 is 0 Å². The van der Waals surface area contributed by atoms with E-state index in [0.29, 0.717) is 36.0 Å². The van der Waals surface area contributed by atoms with Crippen LogP contribution in [0, 0.1) is 6.92 Å². The Kier molecular flexibility index (Phi) is 5.51. The van der Waals surface area contributed by atoms with Crippen molar-refractivity contribution in [1.82, 2.24) is 15.2 Å². The number of nitrogens with one attached hydrogen (secondary N) is 1. The Balaban J connectivity index is 2.04. The van der Waals surface area contributed by atoms with E-state index in [1.807, 2.05) is 19.9 Å². The molecule has 0 atom stereocenters. The monoisotopic (exact) mass is 315 g/mol. The van der Waals surface area contributed by atoms with Crippen molar-refractivity contribution in [3.63, 3.8) is 0 Å². The Morgan fingerprint density at radius 3 is 2.43 bits per heavy atom. The summed E-state index contributed by atoms with van der Waals surface area (Å²) in [6.45, 7) is 6.89. The number of nitrogens with zero attached hydrogens (tertiary/aromatic N) is 2. The number of amides is 2. The minimum absolute atomic E-state index is 0.139. The maximum absolute atomic E-state index is 12.3. The summed E-state index contributed by atoms with van der Waals surface area (Å²) >= 11 is 0. The van der Waals surface area contributed by atoms with Gasteiger partial charge in [-0.25, -0.2) is 4.98 Å². The van der Waals surface area contributed by atoms with Crippen molar-refractivity contribution in [2.24, 2.45) is 0 Å². The summed E-state index contributed by atoms with van der Waals surface area (Å²) in [7, 11) is 0. The number of carbonyl (C=O) groups excluding carboxylic acids is 2. The molecule has 2 aromatic rings. The van der Waals surface area contributed by atoms with Gasteiger partial charge in [0.05, 0.1) is 6.54 Å². The lowest BCUT2D eigenvalue weighted by molar-refractivity contribution is 0.0766. The molecule has 0 saturated heterocycles. The molecule has 0 aliphatic carbocycles. The summed E-state index contributed by atoms with van der Waals surface area (Å²) in [5, 5.41) is 2.73. The predicted molar refractivity (Wildman–Crippen MR) is 86.1 cm³/mol. The summed E-state index contributed by atoms with van der Waals surface area (Å²) in [4.78, 5) is 30.2. The first kappa shape index (κ1) is 16.7. The van der Waals surface area contributed by atoms with Crippen LogP contribution in [-0.2, 0) is 6.54 Å². The van der Waals surface area contributed by atoms with Crippen molar-refractivity contribution in [3.05, 3.63) is 53.2 Å². The molecule has 1 heterocycles. The fourth-order valence-electron chi connectivity index (χ4n) is 2.23.